The molecular formula is C25H44N6O3S. The van der Waals surface area contributed by atoms with Gasteiger partial charge >= 0.3 is 0 Å². The van der Waals surface area contributed by atoms with Crippen molar-refractivity contribution >= 4 is 17.5 Å². The van der Waals surface area contributed by atoms with Crippen molar-refractivity contribution in [1.29, 1.82) is 0 Å². The Hall–Kier alpha value is -0.300. The molecule has 0 aromatic carbocycles. The molecule has 9 nitrogen and oxygen atoms in total. The second-order valence-electron chi connectivity index (χ2n) is 11.2. The summed E-state index contributed by atoms with van der Waals surface area (Å²) in [6.07, 6.45) is 7.34. The minimum Gasteiger partial charge on any atom is -0.379 e. The van der Waals surface area contributed by atoms with E-state index in [1.807, 2.05) is 11.8 Å². The molecule has 5 aliphatic heterocycles. The SMILES string of the molecule is O=C1CC(N2CCOCC2)OC2C1SCC2C1CCC(NC2NCCC(N3CCNCC3)N2)CC1. The van der Waals surface area contributed by atoms with Crippen molar-refractivity contribution in [2.45, 2.75) is 74.6 Å². The van der Waals surface area contributed by atoms with E-state index in [1.54, 1.807) is 0 Å². The van der Waals surface area contributed by atoms with Crippen molar-refractivity contribution in [3.63, 3.8) is 0 Å². The molecule has 6 fully saturated rings. The predicted octanol–water partition coefficient (Wildman–Crippen LogP) is -0.0195. The van der Waals surface area contributed by atoms with Crippen LogP contribution >= 0.6 is 11.8 Å². The summed E-state index contributed by atoms with van der Waals surface area (Å²) in [7, 11) is 0. The highest BCUT2D eigenvalue weighted by atomic mass is 32.2. The number of carbonyl (C=O) groups is 1. The van der Waals surface area contributed by atoms with Gasteiger partial charge < -0.3 is 14.8 Å². The van der Waals surface area contributed by atoms with E-state index in [9.17, 15) is 4.79 Å². The summed E-state index contributed by atoms with van der Waals surface area (Å²) < 4.78 is 12.2. The van der Waals surface area contributed by atoms with E-state index in [4.69, 9.17) is 9.47 Å². The average molecular weight is 509 g/mol. The van der Waals surface area contributed by atoms with Crippen LogP contribution < -0.4 is 21.3 Å². The number of hydrogen-bond donors (Lipinski definition) is 4. The van der Waals surface area contributed by atoms with Crippen molar-refractivity contribution in [1.82, 2.24) is 31.1 Å². The van der Waals surface area contributed by atoms with Crippen molar-refractivity contribution in [3.8, 4) is 0 Å². The summed E-state index contributed by atoms with van der Waals surface area (Å²) in [5.74, 6) is 2.68. The molecule has 0 aromatic heterocycles. The lowest BCUT2D eigenvalue weighted by Crippen LogP contribution is -2.67. The number of hydrogen-bond acceptors (Lipinski definition) is 10. The number of morpholine rings is 1. The molecule has 6 unspecified atom stereocenters. The highest BCUT2D eigenvalue weighted by Gasteiger charge is 2.50. The van der Waals surface area contributed by atoms with Gasteiger partial charge in [-0.3, -0.25) is 30.5 Å². The highest BCUT2D eigenvalue weighted by Crippen LogP contribution is 2.46. The van der Waals surface area contributed by atoms with Crippen LogP contribution in [0.25, 0.3) is 0 Å². The first-order valence-corrected chi connectivity index (χ1v) is 15.1. The smallest absolute Gasteiger partial charge is 0.152 e. The molecule has 5 heterocycles. The Bertz CT molecular complexity index is 713. The van der Waals surface area contributed by atoms with Gasteiger partial charge in [-0.05, 0) is 49.7 Å². The van der Waals surface area contributed by atoms with Crippen LogP contribution in [0.3, 0.4) is 0 Å². The fourth-order valence-corrected chi connectivity index (χ4v) is 8.75. The summed E-state index contributed by atoms with van der Waals surface area (Å²) in [4.78, 5) is 17.9. The van der Waals surface area contributed by atoms with E-state index in [0.29, 0.717) is 36.2 Å². The van der Waals surface area contributed by atoms with E-state index in [2.05, 4.69) is 31.1 Å². The minimum atomic E-state index is -0.0427. The standard InChI is InChI=1S/C25H44N6O3S/c32-20-15-22(31-11-13-33-14-12-31)34-23-19(16-35-24(20)23)17-1-3-18(4-2-17)28-25-27-6-5-21(29-25)30-9-7-26-8-10-30/h17-19,21-29H,1-16H2. The summed E-state index contributed by atoms with van der Waals surface area (Å²) in [5.41, 5.74) is 0. The maximum absolute atomic E-state index is 13.0. The molecule has 1 aliphatic carbocycles. The third kappa shape index (κ3) is 5.76. The molecule has 6 rings (SSSR count). The van der Waals surface area contributed by atoms with Gasteiger partial charge in [0.1, 0.15) is 12.5 Å². The lowest BCUT2D eigenvalue weighted by atomic mass is 9.75. The summed E-state index contributed by atoms with van der Waals surface area (Å²) in [6, 6.07) is 0.554. The molecule has 0 radical (unpaired) electrons. The molecule has 4 N–H and O–H groups in total. The zero-order valence-corrected chi connectivity index (χ0v) is 21.8. The Balaban J connectivity index is 0.992. The molecular weight excluding hydrogens is 464 g/mol. The molecule has 0 amide bonds. The fourth-order valence-electron chi connectivity index (χ4n) is 7.12. The van der Waals surface area contributed by atoms with E-state index >= 15 is 0 Å². The number of Topliss-reactive ketones (excluding diaryl/α,β-unsaturated/α-hetero) is 1. The molecule has 198 valence electrons. The second kappa shape index (κ2) is 11.6. The van der Waals surface area contributed by atoms with Gasteiger partial charge in [0.2, 0.25) is 0 Å². The Kier molecular flexibility index (Phi) is 8.30. The van der Waals surface area contributed by atoms with Gasteiger partial charge in [0.15, 0.2) is 5.78 Å². The van der Waals surface area contributed by atoms with Gasteiger partial charge in [0.05, 0.1) is 30.7 Å². The number of ether oxygens (including phenoxy) is 2. The maximum atomic E-state index is 13.0. The monoisotopic (exact) mass is 508 g/mol. The summed E-state index contributed by atoms with van der Waals surface area (Å²) >= 11 is 1.87. The van der Waals surface area contributed by atoms with Crippen molar-refractivity contribution in [3.05, 3.63) is 0 Å². The van der Waals surface area contributed by atoms with E-state index in [0.717, 1.165) is 71.2 Å². The largest absolute Gasteiger partial charge is 0.379 e. The van der Waals surface area contributed by atoms with Crippen molar-refractivity contribution in [2.75, 3.05) is 64.8 Å². The van der Waals surface area contributed by atoms with Crippen LogP contribution in [0.5, 0.6) is 0 Å². The third-order valence-corrected chi connectivity index (χ3v) is 10.6. The van der Waals surface area contributed by atoms with Gasteiger partial charge in [-0.25, -0.2) is 0 Å². The van der Waals surface area contributed by atoms with Crippen LogP contribution in [0.4, 0.5) is 0 Å². The average Bonchev–Trinajstić information content (AvgIpc) is 3.35. The molecule has 6 atom stereocenters. The van der Waals surface area contributed by atoms with Crippen LogP contribution in [0, 0.1) is 11.8 Å². The molecule has 6 aliphatic rings. The number of thioether (sulfide) groups is 1. The molecule has 0 aromatic rings. The summed E-state index contributed by atoms with van der Waals surface area (Å²) in [5, 5.41) is 14.9. The van der Waals surface area contributed by atoms with Crippen LogP contribution in [0.2, 0.25) is 0 Å². The van der Waals surface area contributed by atoms with E-state index in [1.165, 1.54) is 25.7 Å². The number of nitrogens with zero attached hydrogens (tertiary/aromatic N) is 2. The third-order valence-electron chi connectivity index (χ3n) is 9.15. The predicted molar refractivity (Wildman–Crippen MR) is 137 cm³/mol. The fraction of sp³-hybridized carbons (Fsp3) is 0.960. The Labute approximate surface area is 214 Å². The molecule has 5 saturated heterocycles. The number of fused-ring (bicyclic) bond motifs is 1. The first-order valence-electron chi connectivity index (χ1n) is 14.1. The number of rotatable bonds is 5. The maximum Gasteiger partial charge on any atom is 0.152 e. The van der Waals surface area contributed by atoms with Gasteiger partial charge in [0, 0.05) is 58.3 Å². The zero-order chi connectivity index (χ0) is 23.6. The van der Waals surface area contributed by atoms with Gasteiger partial charge in [-0.1, -0.05) is 0 Å². The molecule has 0 bridgehead atoms. The number of ketones is 1. The lowest BCUT2D eigenvalue weighted by Gasteiger charge is -2.44. The summed E-state index contributed by atoms with van der Waals surface area (Å²) in [6.45, 7) is 8.77. The first-order chi connectivity index (χ1) is 17.2. The normalized spacial score (nSPS) is 44.3. The lowest BCUT2D eigenvalue weighted by molar-refractivity contribution is -0.170. The highest BCUT2D eigenvalue weighted by molar-refractivity contribution is 8.01. The van der Waals surface area contributed by atoms with Gasteiger partial charge in [-0.15, -0.1) is 11.8 Å². The Morgan fingerprint density at radius 3 is 2.54 bits per heavy atom. The topological polar surface area (TPSA) is 90.1 Å². The van der Waals surface area contributed by atoms with Gasteiger partial charge in [-0.2, -0.15) is 0 Å². The number of carbonyl (C=O) groups excluding carboxylic acids is 1. The van der Waals surface area contributed by atoms with Crippen LogP contribution in [-0.2, 0) is 14.3 Å². The molecule has 10 heteroatoms. The van der Waals surface area contributed by atoms with Crippen LogP contribution in [-0.4, -0.2) is 116 Å². The van der Waals surface area contributed by atoms with Gasteiger partial charge in [0.25, 0.3) is 0 Å². The quantitative estimate of drug-likeness (QED) is 0.406. The number of piperazine rings is 1. The van der Waals surface area contributed by atoms with Crippen LogP contribution in [0.1, 0.15) is 38.5 Å². The van der Waals surface area contributed by atoms with Crippen LogP contribution in [0.15, 0.2) is 0 Å². The molecule has 35 heavy (non-hydrogen) atoms. The van der Waals surface area contributed by atoms with E-state index in [-0.39, 0.29) is 23.9 Å². The second-order valence-corrected chi connectivity index (χ2v) is 12.4. The Morgan fingerprint density at radius 2 is 1.74 bits per heavy atom. The Morgan fingerprint density at radius 1 is 0.943 bits per heavy atom. The first kappa shape index (κ1) is 25.0. The minimum absolute atomic E-state index is 0.0427. The van der Waals surface area contributed by atoms with Crippen molar-refractivity contribution in [2.24, 2.45) is 11.8 Å². The van der Waals surface area contributed by atoms with Crippen molar-refractivity contribution < 1.29 is 14.3 Å². The number of nitrogens with one attached hydrogen (secondary N) is 4. The van der Waals surface area contributed by atoms with E-state index < -0.39 is 0 Å². The zero-order valence-electron chi connectivity index (χ0n) is 21.0. The molecule has 0 spiro atoms. The molecule has 1 saturated carbocycles.